The Bertz CT molecular complexity index is 546. The van der Waals surface area contributed by atoms with E-state index in [4.69, 9.17) is 10.5 Å². The quantitative estimate of drug-likeness (QED) is 0.850. The molecule has 4 nitrogen and oxygen atoms in total. The minimum absolute atomic E-state index is 0.245. The Morgan fingerprint density at radius 1 is 1.39 bits per heavy atom. The highest BCUT2D eigenvalue weighted by atomic mass is 16.5. The number of carbonyl (C=O) groups is 1. The van der Waals surface area contributed by atoms with Crippen LogP contribution in [0.3, 0.4) is 0 Å². The predicted octanol–water partition coefficient (Wildman–Crippen LogP) is 2.31. The number of hydrogen-bond acceptors (Lipinski definition) is 2. The zero-order valence-corrected chi connectivity index (χ0v) is 10.6. The van der Waals surface area contributed by atoms with Crippen molar-refractivity contribution < 1.29 is 9.53 Å². The third kappa shape index (κ3) is 2.83. The van der Waals surface area contributed by atoms with Gasteiger partial charge in [-0.3, -0.25) is 4.79 Å². The molecule has 4 heteroatoms. The van der Waals surface area contributed by atoms with Crippen LogP contribution >= 0.6 is 0 Å². The molecule has 0 spiro atoms. The van der Waals surface area contributed by atoms with E-state index in [0.717, 1.165) is 29.6 Å². The van der Waals surface area contributed by atoms with Gasteiger partial charge in [-0.25, -0.2) is 0 Å². The van der Waals surface area contributed by atoms with Crippen molar-refractivity contribution in [3.05, 3.63) is 30.5 Å². The molecule has 0 atom stereocenters. The van der Waals surface area contributed by atoms with Crippen LogP contribution in [0, 0.1) is 0 Å². The molecule has 1 heterocycles. The topological polar surface area (TPSA) is 57.2 Å². The van der Waals surface area contributed by atoms with Gasteiger partial charge in [0.15, 0.2) is 0 Å². The number of benzene rings is 1. The second-order valence-corrected chi connectivity index (χ2v) is 4.23. The lowest BCUT2D eigenvalue weighted by Crippen LogP contribution is -2.11. The van der Waals surface area contributed by atoms with Crippen LogP contribution < -0.4 is 10.5 Å². The fourth-order valence-electron chi connectivity index (χ4n) is 2.05. The smallest absolute Gasteiger partial charge is 0.217 e. The molecular weight excluding hydrogens is 228 g/mol. The van der Waals surface area contributed by atoms with Crippen LogP contribution in [-0.2, 0) is 11.3 Å². The molecule has 0 bridgehead atoms. The van der Waals surface area contributed by atoms with Gasteiger partial charge in [-0.1, -0.05) is 0 Å². The van der Waals surface area contributed by atoms with E-state index >= 15 is 0 Å². The highest BCUT2D eigenvalue weighted by Gasteiger charge is 2.03. The summed E-state index contributed by atoms with van der Waals surface area (Å²) in [7, 11) is 0. The van der Waals surface area contributed by atoms with Crippen molar-refractivity contribution in [1.29, 1.82) is 0 Å². The molecule has 18 heavy (non-hydrogen) atoms. The monoisotopic (exact) mass is 246 g/mol. The second kappa shape index (κ2) is 5.58. The maximum atomic E-state index is 10.7. The molecule has 0 fully saturated rings. The molecule has 1 aromatic carbocycles. The number of hydrogen-bond donors (Lipinski definition) is 1. The average Bonchev–Trinajstić information content (AvgIpc) is 2.72. The highest BCUT2D eigenvalue weighted by Crippen LogP contribution is 2.22. The highest BCUT2D eigenvalue weighted by molar-refractivity contribution is 5.81. The van der Waals surface area contributed by atoms with Gasteiger partial charge in [0, 0.05) is 30.1 Å². The number of ether oxygens (including phenoxy) is 1. The Hall–Kier alpha value is -1.97. The third-order valence-corrected chi connectivity index (χ3v) is 2.88. The first kappa shape index (κ1) is 12.5. The first-order chi connectivity index (χ1) is 8.70. The van der Waals surface area contributed by atoms with E-state index in [1.807, 2.05) is 31.3 Å². The number of carbonyl (C=O) groups excluding carboxylic acids is 1. The molecule has 1 amide bonds. The Labute approximate surface area is 106 Å². The summed E-state index contributed by atoms with van der Waals surface area (Å²) in [5, 5.41) is 1.15. The third-order valence-electron chi connectivity index (χ3n) is 2.88. The van der Waals surface area contributed by atoms with Crippen LogP contribution in [0.1, 0.15) is 19.8 Å². The first-order valence-corrected chi connectivity index (χ1v) is 6.20. The number of aryl methyl sites for hydroxylation is 1. The van der Waals surface area contributed by atoms with Gasteiger partial charge in [-0.2, -0.15) is 0 Å². The van der Waals surface area contributed by atoms with Gasteiger partial charge >= 0.3 is 0 Å². The van der Waals surface area contributed by atoms with E-state index in [2.05, 4.69) is 10.6 Å². The molecule has 0 saturated carbocycles. The summed E-state index contributed by atoms with van der Waals surface area (Å²) in [6.07, 6.45) is 3.23. The molecule has 2 N–H and O–H groups in total. The van der Waals surface area contributed by atoms with E-state index in [9.17, 15) is 4.79 Å². The summed E-state index contributed by atoms with van der Waals surface area (Å²) in [5.74, 6) is 0.643. The van der Waals surface area contributed by atoms with Crippen LogP contribution in [0.25, 0.3) is 10.9 Å². The molecule has 2 aromatic rings. The maximum absolute atomic E-state index is 10.7. The number of primary amides is 1. The summed E-state index contributed by atoms with van der Waals surface area (Å²) < 4.78 is 7.60. The molecule has 0 aliphatic carbocycles. The number of rotatable bonds is 6. The maximum Gasteiger partial charge on any atom is 0.217 e. The van der Waals surface area contributed by atoms with E-state index < -0.39 is 0 Å². The lowest BCUT2D eigenvalue weighted by atomic mass is 10.2. The van der Waals surface area contributed by atoms with Crippen molar-refractivity contribution >= 4 is 16.8 Å². The molecule has 0 aliphatic heterocycles. The number of amides is 1. The summed E-state index contributed by atoms with van der Waals surface area (Å²) in [5.41, 5.74) is 6.29. The molecule has 0 aliphatic rings. The SMILES string of the molecule is CCOc1ccc2c(ccn2CCCC(N)=O)c1. The fraction of sp³-hybridized carbons (Fsp3) is 0.357. The van der Waals surface area contributed by atoms with Crippen molar-refractivity contribution in [3.8, 4) is 5.75 Å². The lowest BCUT2D eigenvalue weighted by molar-refractivity contribution is -0.118. The largest absolute Gasteiger partial charge is 0.494 e. The minimum atomic E-state index is -0.245. The first-order valence-electron chi connectivity index (χ1n) is 6.20. The van der Waals surface area contributed by atoms with Crippen LogP contribution in [0.4, 0.5) is 0 Å². The molecule has 0 radical (unpaired) electrons. The summed E-state index contributed by atoms with van der Waals surface area (Å²) >= 11 is 0. The number of nitrogens with zero attached hydrogens (tertiary/aromatic N) is 1. The van der Waals surface area contributed by atoms with E-state index in [-0.39, 0.29) is 5.91 Å². The van der Waals surface area contributed by atoms with Gasteiger partial charge in [0.05, 0.1) is 6.61 Å². The van der Waals surface area contributed by atoms with Crippen molar-refractivity contribution in [2.24, 2.45) is 5.73 Å². The molecule has 96 valence electrons. The van der Waals surface area contributed by atoms with Crippen LogP contribution in [0.15, 0.2) is 30.5 Å². The van der Waals surface area contributed by atoms with Crippen molar-refractivity contribution in [2.75, 3.05) is 6.61 Å². The summed E-state index contributed by atoms with van der Waals surface area (Å²) in [6, 6.07) is 8.10. The average molecular weight is 246 g/mol. The Balaban J connectivity index is 2.13. The number of nitrogens with two attached hydrogens (primary N) is 1. The van der Waals surface area contributed by atoms with Crippen LogP contribution in [0.5, 0.6) is 5.75 Å². The molecule has 2 rings (SSSR count). The molecular formula is C14H18N2O2. The van der Waals surface area contributed by atoms with Crippen molar-refractivity contribution in [2.45, 2.75) is 26.3 Å². The molecule has 1 aromatic heterocycles. The van der Waals surface area contributed by atoms with Gasteiger partial charge in [-0.05, 0) is 37.6 Å². The Kier molecular flexibility index (Phi) is 3.87. The fourth-order valence-corrected chi connectivity index (χ4v) is 2.05. The Morgan fingerprint density at radius 3 is 2.94 bits per heavy atom. The molecule has 0 unspecified atom stereocenters. The second-order valence-electron chi connectivity index (χ2n) is 4.23. The van der Waals surface area contributed by atoms with Gasteiger partial charge in [0.25, 0.3) is 0 Å². The predicted molar refractivity (Wildman–Crippen MR) is 71.5 cm³/mol. The lowest BCUT2D eigenvalue weighted by Gasteiger charge is -2.06. The number of aromatic nitrogens is 1. The zero-order chi connectivity index (χ0) is 13.0. The van der Waals surface area contributed by atoms with E-state index in [1.54, 1.807) is 0 Å². The zero-order valence-electron chi connectivity index (χ0n) is 10.6. The Morgan fingerprint density at radius 2 is 2.22 bits per heavy atom. The normalized spacial score (nSPS) is 10.7. The van der Waals surface area contributed by atoms with Gasteiger partial charge in [0.2, 0.25) is 5.91 Å². The van der Waals surface area contributed by atoms with Gasteiger partial charge < -0.3 is 15.0 Å². The van der Waals surface area contributed by atoms with Crippen molar-refractivity contribution in [1.82, 2.24) is 4.57 Å². The minimum Gasteiger partial charge on any atom is -0.494 e. The van der Waals surface area contributed by atoms with Gasteiger partial charge in [-0.15, -0.1) is 0 Å². The van der Waals surface area contributed by atoms with Crippen LogP contribution in [-0.4, -0.2) is 17.1 Å². The molecule has 0 saturated heterocycles. The standard InChI is InChI=1S/C14H18N2O2/c1-2-18-12-5-6-13-11(10-12)7-9-16(13)8-3-4-14(15)17/h5-7,9-10H,2-4,8H2,1H3,(H2,15,17). The number of fused-ring (bicyclic) bond motifs is 1. The van der Waals surface area contributed by atoms with Crippen LogP contribution in [0.2, 0.25) is 0 Å². The summed E-state index contributed by atoms with van der Waals surface area (Å²) in [6.45, 7) is 3.45. The van der Waals surface area contributed by atoms with Gasteiger partial charge in [0.1, 0.15) is 5.75 Å². The van der Waals surface area contributed by atoms with E-state index in [1.165, 1.54) is 0 Å². The van der Waals surface area contributed by atoms with E-state index in [0.29, 0.717) is 13.0 Å². The van der Waals surface area contributed by atoms with Crippen molar-refractivity contribution in [3.63, 3.8) is 0 Å². The summed E-state index contributed by atoms with van der Waals surface area (Å²) in [4.78, 5) is 10.7.